The molecule has 1 aliphatic rings. The largest absolute Gasteiger partial charge is 0.417 e. The summed E-state index contributed by atoms with van der Waals surface area (Å²) in [6.45, 7) is 0.393. The molecule has 2 aromatic rings. The number of nitrogens with zero attached hydrogens (tertiary/aromatic N) is 2. The van der Waals surface area contributed by atoms with E-state index in [4.69, 9.17) is 11.6 Å². The van der Waals surface area contributed by atoms with Crippen molar-refractivity contribution in [2.24, 2.45) is 5.92 Å². The molecule has 9 nitrogen and oxygen atoms in total. The fourth-order valence-electron chi connectivity index (χ4n) is 3.56. The third-order valence-corrected chi connectivity index (χ3v) is 9.24. The lowest BCUT2D eigenvalue weighted by molar-refractivity contribution is -0.137. The van der Waals surface area contributed by atoms with E-state index in [-0.39, 0.29) is 29.6 Å². The summed E-state index contributed by atoms with van der Waals surface area (Å²) >= 11 is 5.56. The lowest BCUT2D eigenvalue weighted by atomic mass is 9.97. The molecule has 1 aliphatic heterocycles. The normalized spacial score (nSPS) is 16.2. The number of nitrogens with one attached hydrogen (secondary N) is 2. The van der Waals surface area contributed by atoms with E-state index in [1.807, 2.05) is 0 Å². The van der Waals surface area contributed by atoms with Crippen LogP contribution < -0.4 is 10.0 Å². The average molecular weight is 569 g/mol. The number of carbonyl (C=O) groups excluding carboxylic acids is 1. The molecule has 15 heteroatoms. The van der Waals surface area contributed by atoms with Crippen LogP contribution in [0.2, 0.25) is 5.02 Å². The van der Waals surface area contributed by atoms with E-state index < -0.39 is 42.9 Å². The summed E-state index contributed by atoms with van der Waals surface area (Å²) < 4.78 is 93.3. The zero-order valence-corrected chi connectivity index (χ0v) is 21.6. The highest BCUT2D eigenvalue weighted by molar-refractivity contribution is 7.92. The van der Waals surface area contributed by atoms with Crippen molar-refractivity contribution in [3.05, 3.63) is 53.1 Å². The number of carbonyl (C=O) groups is 1. The van der Waals surface area contributed by atoms with Gasteiger partial charge >= 0.3 is 6.18 Å². The molecule has 36 heavy (non-hydrogen) atoms. The Morgan fingerprint density at radius 1 is 1.00 bits per heavy atom. The summed E-state index contributed by atoms with van der Waals surface area (Å²) in [5.74, 6) is -0.747. The molecule has 0 aliphatic carbocycles. The summed E-state index contributed by atoms with van der Waals surface area (Å²) in [5.41, 5.74) is -1.17. The van der Waals surface area contributed by atoms with E-state index in [2.05, 4.69) is 10.0 Å². The lowest BCUT2D eigenvalue weighted by Gasteiger charge is -2.32. The molecule has 2 aromatic carbocycles. The predicted molar refractivity (Wildman–Crippen MR) is 129 cm³/mol. The fraction of sp³-hybridized carbons (Fsp3) is 0.381. The predicted octanol–water partition coefficient (Wildman–Crippen LogP) is 3.62. The summed E-state index contributed by atoms with van der Waals surface area (Å²) in [4.78, 5) is 12.4. The molecule has 0 bridgehead atoms. The number of hydrogen-bond donors (Lipinski definition) is 2. The van der Waals surface area contributed by atoms with Crippen LogP contribution in [0.1, 0.15) is 18.4 Å². The van der Waals surface area contributed by atoms with Crippen molar-refractivity contribution >= 4 is 49.1 Å². The maximum Gasteiger partial charge on any atom is 0.417 e. The van der Waals surface area contributed by atoms with Crippen LogP contribution in [0.3, 0.4) is 0 Å². The highest BCUT2D eigenvalue weighted by Crippen LogP contribution is 2.36. The minimum atomic E-state index is -4.75. The van der Waals surface area contributed by atoms with E-state index in [1.54, 1.807) is 0 Å². The Bertz CT molecular complexity index is 1330. The third kappa shape index (κ3) is 6.48. The Balaban J connectivity index is 1.63. The lowest BCUT2D eigenvalue weighted by Crippen LogP contribution is -2.46. The topological polar surface area (TPSA) is 116 Å². The molecule has 0 unspecified atom stereocenters. The molecule has 1 fully saturated rings. The number of halogens is 4. The van der Waals surface area contributed by atoms with E-state index in [0.717, 1.165) is 16.4 Å². The van der Waals surface area contributed by atoms with Gasteiger partial charge < -0.3 is 5.32 Å². The second-order valence-electron chi connectivity index (χ2n) is 8.27. The molecule has 0 radical (unpaired) electrons. The van der Waals surface area contributed by atoms with Crippen LogP contribution in [0.25, 0.3) is 0 Å². The van der Waals surface area contributed by atoms with Gasteiger partial charge in [0.25, 0.3) is 20.2 Å². The standard InChI is InChI=1S/C21H24ClF3N4O5S2/c1-28(2)36(33,34)29-11-9-14(10-12-29)20(30)26-15-3-6-17(7-4-15)35(31,32)27-16-5-8-19(22)18(13-16)21(23,24)25/h3-8,13-14,27H,9-12H2,1-2H3,(H,26,30). The van der Waals surface area contributed by atoms with Gasteiger partial charge in [0.1, 0.15) is 0 Å². The van der Waals surface area contributed by atoms with E-state index in [9.17, 15) is 34.8 Å². The molecular weight excluding hydrogens is 545 g/mol. The molecule has 1 amide bonds. The zero-order valence-electron chi connectivity index (χ0n) is 19.2. The van der Waals surface area contributed by atoms with Crippen molar-refractivity contribution in [3.63, 3.8) is 0 Å². The number of amides is 1. The maximum atomic E-state index is 13.0. The van der Waals surface area contributed by atoms with Gasteiger partial charge in [0.05, 0.1) is 15.5 Å². The molecule has 0 saturated carbocycles. The van der Waals surface area contributed by atoms with Crippen LogP contribution in [-0.4, -0.2) is 58.5 Å². The van der Waals surface area contributed by atoms with Crippen molar-refractivity contribution in [1.82, 2.24) is 8.61 Å². The van der Waals surface area contributed by atoms with Gasteiger partial charge in [-0.1, -0.05) is 11.6 Å². The first-order chi connectivity index (χ1) is 16.6. The average Bonchev–Trinajstić information content (AvgIpc) is 2.79. The highest BCUT2D eigenvalue weighted by atomic mass is 35.5. The molecule has 0 aromatic heterocycles. The van der Waals surface area contributed by atoms with E-state index >= 15 is 0 Å². The van der Waals surface area contributed by atoms with Crippen LogP contribution in [0.4, 0.5) is 24.5 Å². The van der Waals surface area contributed by atoms with Crippen molar-refractivity contribution in [2.45, 2.75) is 23.9 Å². The van der Waals surface area contributed by atoms with Gasteiger partial charge in [-0.15, -0.1) is 0 Å². The smallest absolute Gasteiger partial charge is 0.326 e. The first-order valence-electron chi connectivity index (χ1n) is 10.6. The molecule has 3 rings (SSSR count). The molecular formula is C21H24ClF3N4O5S2. The number of hydrogen-bond acceptors (Lipinski definition) is 5. The van der Waals surface area contributed by atoms with Gasteiger partial charge in [0, 0.05) is 44.5 Å². The van der Waals surface area contributed by atoms with Crippen molar-refractivity contribution in [2.75, 3.05) is 37.2 Å². The maximum absolute atomic E-state index is 13.0. The number of rotatable bonds is 7. The molecule has 2 N–H and O–H groups in total. The summed E-state index contributed by atoms with van der Waals surface area (Å²) in [7, 11) is -4.91. The SMILES string of the molecule is CN(C)S(=O)(=O)N1CCC(C(=O)Nc2ccc(S(=O)(=O)Nc3ccc(Cl)c(C(F)(F)F)c3)cc2)CC1. The molecule has 0 atom stereocenters. The monoisotopic (exact) mass is 568 g/mol. The second-order valence-corrected chi connectivity index (χ2v) is 12.5. The van der Waals surface area contributed by atoms with Gasteiger partial charge in [-0.2, -0.15) is 30.2 Å². The zero-order chi connectivity index (χ0) is 26.9. The Hall–Kier alpha value is -2.39. The molecule has 0 spiro atoms. The first-order valence-corrected chi connectivity index (χ1v) is 13.8. The minimum Gasteiger partial charge on any atom is -0.326 e. The number of sulfonamides is 1. The Morgan fingerprint density at radius 2 is 1.56 bits per heavy atom. The van der Waals surface area contributed by atoms with Crippen LogP contribution in [-0.2, 0) is 31.2 Å². The summed E-state index contributed by atoms with van der Waals surface area (Å²) in [5, 5.41) is 2.11. The van der Waals surface area contributed by atoms with Crippen LogP contribution in [0.5, 0.6) is 0 Å². The van der Waals surface area contributed by atoms with E-state index in [1.165, 1.54) is 42.7 Å². The quantitative estimate of drug-likeness (QED) is 0.529. The first kappa shape index (κ1) is 28.2. The van der Waals surface area contributed by atoms with Crippen LogP contribution in [0.15, 0.2) is 47.4 Å². The molecule has 198 valence electrons. The number of anilines is 2. The fourth-order valence-corrected chi connectivity index (χ4v) is 5.97. The van der Waals surface area contributed by atoms with Crippen LogP contribution in [0, 0.1) is 5.92 Å². The van der Waals surface area contributed by atoms with Gasteiger partial charge in [-0.3, -0.25) is 9.52 Å². The van der Waals surface area contributed by atoms with Gasteiger partial charge in [-0.05, 0) is 55.3 Å². The Labute approximate surface area is 212 Å². The number of benzene rings is 2. The molecule has 1 heterocycles. The third-order valence-electron chi connectivity index (χ3n) is 5.57. The second kappa shape index (κ2) is 10.5. The minimum absolute atomic E-state index is 0.197. The van der Waals surface area contributed by atoms with Crippen molar-refractivity contribution < 1.29 is 34.8 Å². The summed E-state index contributed by atoms with van der Waals surface area (Å²) in [6.07, 6.45) is -4.10. The van der Waals surface area contributed by atoms with Crippen molar-refractivity contribution in [1.29, 1.82) is 0 Å². The Morgan fingerprint density at radius 3 is 2.08 bits per heavy atom. The molecule has 1 saturated heterocycles. The highest BCUT2D eigenvalue weighted by Gasteiger charge is 2.34. The van der Waals surface area contributed by atoms with Gasteiger partial charge in [-0.25, -0.2) is 8.42 Å². The Kier molecular flexibility index (Phi) is 8.25. The number of alkyl halides is 3. The van der Waals surface area contributed by atoms with E-state index in [0.29, 0.717) is 24.6 Å². The van der Waals surface area contributed by atoms with Crippen LogP contribution >= 0.6 is 11.6 Å². The van der Waals surface area contributed by atoms with Gasteiger partial charge in [0.15, 0.2) is 0 Å². The summed E-state index contributed by atoms with van der Waals surface area (Å²) in [6, 6.07) is 7.75. The van der Waals surface area contributed by atoms with Gasteiger partial charge in [0.2, 0.25) is 5.91 Å². The van der Waals surface area contributed by atoms with Crippen molar-refractivity contribution in [3.8, 4) is 0 Å². The number of piperidine rings is 1.